The summed E-state index contributed by atoms with van der Waals surface area (Å²) < 4.78 is 45.1. The molecule has 9 heteroatoms. The highest BCUT2D eigenvalue weighted by Crippen LogP contribution is 2.30. The number of piperazine rings is 1. The van der Waals surface area contributed by atoms with E-state index in [-0.39, 0.29) is 5.56 Å². The molecule has 0 radical (unpaired) electrons. The van der Waals surface area contributed by atoms with Crippen LogP contribution in [-0.2, 0) is 12.7 Å². The van der Waals surface area contributed by atoms with Crippen molar-refractivity contribution in [3.8, 4) is 5.75 Å². The first-order valence-electron chi connectivity index (χ1n) is 10.0. The van der Waals surface area contributed by atoms with Gasteiger partial charge >= 0.3 is 6.18 Å². The number of fused-ring (bicyclic) bond motifs is 1. The summed E-state index contributed by atoms with van der Waals surface area (Å²) >= 11 is 0. The van der Waals surface area contributed by atoms with Crippen LogP contribution in [0.5, 0.6) is 5.75 Å². The summed E-state index contributed by atoms with van der Waals surface area (Å²) in [5.41, 5.74) is 0.618. The molecule has 0 unspecified atom stereocenters. The van der Waals surface area contributed by atoms with E-state index >= 15 is 0 Å². The maximum atomic E-state index is 12.9. The average Bonchev–Trinajstić information content (AvgIpc) is 2.78. The van der Waals surface area contributed by atoms with Crippen LogP contribution in [0.4, 0.5) is 18.9 Å². The average molecular weight is 432 g/mol. The summed E-state index contributed by atoms with van der Waals surface area (Å²) in [7, 11) is 1.53. The van der Waals surface area contributed by atoms with Gasteiger partial charge in [0.2, 0.25) is 0 Å². The Bertz CT molecular complexity index is 1100. The Morgan fingerprint density at radius 2 is 1.71 bits per heavy atom. The van der Waals surface area contributed by atoms with Crippen LogP contribution in [0.1, 0.15) is 5.56 Å². The van der Waals surface area contributed by atoms with E-state index in [4.69, 9.17) is 4.74 Å². The Labute approximate surface area is 177 Å². The summed E-state index contributed by atoms with van der Waals surface area (Å²) in [5.74, 6) is 0.509. The SMILES string of the molecule is COc1cccc2ncn(CCN3CCN(c4ccc(C(F)(F)F)cc4)CC3)c(=O)c12. The number of anilines is 1. The van der Waals surface area contributed by atoms with Gasteiger partial charge < -0.3 is 9.64 Å². The lowest BCUT2D eigenvalue weighted by Gasteiger charge is -2.36. The fraction of sp³-hybridized carbons (Fsp3) is 0.364. The smallest absolute Gasteiger partial charge is 0.416 e. The van der Waals surface area contributed by atoms with Crippen molar-refractivity contribution < 1.29 is 17.9 Å². The number of nitrogens with zero attached hydrogens (tertiary/aromatic N) is 4. The summed E-state index contributed by atoms with van der Waals surface area (Å²) in [4.78, 5) is 21.5. The zero-order valence-corrected chi connectivity index (χ0v) is 17.1. The Hall–Kier alpha value is -3.07. The van der Waals surface area contributed by atoms with Gasteiger partial charge in [0.15, 0.2) is 0 Å². The number of aromatic nitrogens is 2. The van der Waals surface area contributed by atoms with Crippen molar-refractivity contribution in [1.29, 1.82) is 0 Å². The minimum absolute atomic E-state index is 0.133. The number of halogens is 3. The van der Waals surface area contributed by atoms with Crippen molar-refractivity contribution in [3.05, 3.63) is 64.7 Å². The number of rotatable bonds is 5. The quantitative estimate of drug-likeness (QED) is 0.620. The molecule has 0 atom stereocenters. The van der Waals surface area contributed by atoms with Crippen LogP contribution >= 0.6 is 0 Å². The van der Waals surface area contributed by atoms with Gasteiger partial charge in [-0.25, -0.2) is 4.98 Å². The first-order valence-corrected chi connectivity index (χ1v) is 10.0. The molecular weight excluding hydrogens is 409 g/mol. The Balaban J connectivity index is 1.37. The fourth-order valence-corrected chi connectivity index (χ4v) is 3.84. The van der Waals surface area contributed by atoms with Gasteiger partial charge in [-0.3, -0.25) is 14.3 Å². The molecule has 0 aliphatic carbocycles. The molecule has 1 aliphatic heterocycles. The number of methoxy groups -OCH3 is 1. The molecule has 1 aliphatic rings. The van der Waals surface area contributed by atoms with Crippen LogP contribution in [0.25, 0.3) is 10.9 Å². The van der Waals surface area contributed by atoms with Crippen LogP contribution in [0.3, 0.4) is 0 Å². The number of ether oxygens (including phenoxy) is 1. The summed E-state index contributed by atoms with van der Waals surface area (Å²) in [6.45, 7) is 4.14. The maximum Gasteiger partial charge on any atom is 0.416 e. The van der Waals surface area contributed by atoms with Crippen LogP contribution in [0.15, 0.2) is 53.6 Å². The van der Waals surface area contributed by atoms with Crippen LogP contribution in [-0.4, -0.2) is 54.3 Å². The van der Waals surface area contributed by atoms with Crippen molar-refractivity contribution >= 4 is 16.6 Å². The van der Waals surface area contributed by atoms with E-state index < -0.39 is 11.7 Å². The van der Waals surface area contributed by atoms with Crippen molar-refractivity contribution in [3.63, 3.8) is 0 Å². The topological polar surface area (TPSA) is 50.6 Å². The molecular formula is C22H23F3N4O2. The van der Waals surface area contributed by atoms with Gasteiger partial charge in [0.25, 0.3) is 5.56 Å². The van der Waals surface area contributed by atoms with Gasteiger partial charge in [-0.1, -0.05) is 6.07 Å². The molecule has 2 aromatic carbocycles. The molecule has 1 aromatic heterocycles. The Morgan fingerprint density at radius 3 is 2.35 bits per heavy atom. The number of benzene rings is 2. The van der Waals surface area contributed by atoms with Gasteiger partial charge in [0.05, 0.1) is 24.5 Å². The lowest BCUT2D eigenvalue weighted by molar-refractivity contribution is -0.137. The molecule has 0 N–H and O–H groups in total. The second-order valence-electron chi connectivity index (χ2n) is 7.47. The van der Waals surface area contributed by atoms with Gasteiger partial charge in [0, 0.05) is 45.0 Å². The number of hydrogen-bond donors (Lipinski definition) is 0. The molecule has 3 aromatic rings. The molecule has 1 saturated heterocycles. The molecule has 1 fully saturated rings. The minimum Gasteiger partial charge on any atom is -0.496 e. The lowest BCUT2D eigenvalue weighted by atomic mass is 10.1. The van der Waals surface area contributed by atoms with Crippen molar-refractivity contribution in [1.82, 2.24) is 14.5 Å². The lowest BCUT2D eigenvalue weighted by Crippen LogP contribution is -2.47. The normalized spacial score (nSPS) is 15.4. The third-order valence-corrected chi connectivity index (χ3v) is 5.62. The van der Waals surface area contributed by atoms with Crippen LogP contribution in [0.2, 0.25) is 0 Å². The number of alkyl halides is 3. The van der Waals surface area contributed by atoms with Crippen molar-refractivity contribution in [2.45, 2.75) is 12.7 Å². The Morgan fingerprint density at radius 1 is 1.00 bits per heavy atom. The first-order chi connectivity index (χ1) is 14.9. The molecule has 6 nitrogen and oxygen atoms in total. The summed E-state index contributed by atoms with van der Waals surface area (Å²) in [6.07, 6.45) is -2.76. The van der Waals surface area contributed by atoms with Crippen LogP contribution in [0, 0.1) is 0 Å². The van der Waals surface area contributed by atoms with Crippen molar-refractivity contribution in [2.24, 2.45) is 0 Å². The number of hydrogen-bond acceptors (Lipinski definition) is 5. The largest absolute Gasteiger partial charge is 0.496 e. The van der Waals surface area contributed by atoms with Gasteiger partial charge in [-0.05, 0) is 36.4 Å². The van der Waals surface area contributed by atoms with Gasteiger partial charge in [-0.2, -0.15) is 13.2 Å². The highest BCUT2D eigenvalue weighted by molar-refractivity contribution is 5.83. The monoisotopic (exact) mass is 432 g/mol. The van der Waals surface area contributed by atoms with E-state index in [9.17, 15) is 18.0 Å². The van der Waals surface area contributed by atoms with Gasteiger partial charge in [0.1, 0.15) is 11.1 Å². The third-order valence-electron chi connectivity index (χ3n) is 5.62. The third kappa shape index (κ3) is 4.51. The van der Waals surface area contributed by atoms with E-state index in [2.05, 4.69) is 14.8 Å². The standard InChI is InChI=1S/C22H23F3N4O2/c1-31-19-4-2-3-18-20(19)21(30)29(15-26-18)14-11-27-9-12-28(13-10-27)17-7-5-16(6-8-17)22(23,24)25/h2-8,15H,9-14H2,1H3. The van der Waals surface area contributed by atoms with E-state index in [1.807, 2.05) is 0 Å². The zero-order chi connectivity index (χ0) is 22.0. The molecule has 2 heterocycles. The predicted octanol–water partition coefficient (Wildman–Crippen LogP) is 3.25. The summed E-state index contributed by atoms with van der Waals surface area (Å²) in [6, 6.07) is 10.6. The van der Waals surface area contributed by atoms with Gasteiger partial charge in [-0.15, -0.1) is 0 Å². The highest BCUT2D eigenvalue weighted by Gasteiger charge is 2.30. The first kappa shape index (κ1) is 21.2. The molecule has 0 saturated carbocycles. The highest BCUT2D eigenvalue weighted by atomic mass is 19.4. The van der Waals surface area contributed by atoms with E-state index in [1.54, 1.807) is 29.1 Å². The molecule has 4 rings (SSSR count). The molecule has 0 amide bonds. The molecule has 0 spiro atoms. The second-order valence-corrected chi connectivity index (χ2v) is 7.47. The molecule has 0 bridgehead atoms. The maximum absolute atomic E-state index is 12.9. The predicted molar refractivity (Wildman–Crippen MR) is 113 cm³/mol. The minimum atomic E-state index is -4.32. The summed E-state index contributed by atoms with van der Waals surface area (Å²) in [5, 5.41) is 0.472. The van der Waals surface area contributed by atoms with Crippen LogP contribution < -0.4 is 15.2 Å². The second kappa shape index (κ2) is 8.58. The zero-order valence-electron chi connectivity index (χ0n) is 17.1. The Kier molecular flexibility index (Phi) is 5.86. The molecule has 31 heavy (non-hydrogen) atoms. The van der Waals surface area contributed by atoms with E-state index in [0.29, 0.717) is 42.8 Å². The van der Waals surface area contributed by atoms with Crippen molar-refractivity contribution in [2.75, 3.05) is 44.7 Å². The fourth-order valence-electron chi connectivity index (χ4n) is 3.84. The van der Waals surface area contributed by atoms with E-state index in [1.165, 1.54) is 19.2 Å². The molecule has 164 valence electrons. The van der Waals surface area contributed by atoms with E-state index in [0.717, 1.165) is 30.9 Å².